The van der Waals surface area contributed by atoms with Crippen molar-refractivity contribution in [1.29, 1.82) is 0 Å². The van der Waals surface area contributed by atoms with E-state index < -0.39 is 11.9 Å². The first-order chi connectivity index (χ1) is 13.5. The standard InChI is InChI=1S/C20H17N5O3/c1-11-6-5-8-14-16(11)22-19(27)17(14)23-24-18(26)12(2)25-10-21-15-9-4-3-7-13(15)20(25)28/h3-10,12,22,27H,1-2H3/t12-/m1/s1. The summed E-state index contributed by atoms with van der Waals surface area (Å²) in [5.41, 5.74) is 2.08. The molecule has 1 amide bonds. The molecule has 2 aromatic carbocycles. The van der Waals surface area contributed by atoms with Crippen molar-refractivity contribution in [2.45, 2.75) is 19.9 Å². The molecule has 8 heteroatoms. The van der Waals surface area contributed by atoms with Gasteiger partial charge in [0.1, 0.15) is 6.04 Å². The van der Waals surface area contributed by atoms with Crippen LogP contribution in [0.4, 0.5) is 5.69 Å². The summed E-state index contributed by atoms with van der Waals surface area (Å²) in [7, 11) is 0. The number of aromatic hydroxyl groups is 1. The van der Waals surface area contributed by atoms with Crippen LogP contribution in [0.25, 0.3) is 21.8 Å². The van der Waals surface area contributed by atoms with Crippen molar-refractivity contribution >= 4 is 33.4 Å². The molecule has 4 aromatic rings. The summed E-state index contributed by atoms with van der Waals surface area (Å²) in [6, 6.07) is 11.5. The number of carbonyl (C=O) groups excluding carboxylic acids is 1. The average molecular weight is 375 g/mol. The van der Waals surface area contributed by atoms with Gasteiger partial charge < -0.3 is 10.1 Å². The lowest BCUT2D eigenvalue weighted by molar-refractivity contribution is -0.121. The summed E-state index contributed by atoms with van der Waals surface area (Å²) in [6.07, 6.45) is 1.33. The van der Waals surface area contributed by atoms with Crippen LogP contribution < -0.4 is 5.56 Å². The van der Waals surface area contributed by atoms with Crippen molar-refractivity contribution in [3.8, 4) is 5.88 Å². The fourth-order valence-corrected chi connectivity index (χ4v) is 3.10. The molecule has 8 nitrogen and oxygen atoms in total. The zero-order chi connectivity index (χ0) is 19.8. The number of rotatable bonds is 3. The summed E-state index contributed by atoms with van der Waals surface area (Å²) >= 11 is 0. The van der Waals surface area contributed by atoms with E-state index in [0.29, 0.717) is 16.3 Å². The van der Waals surface area contributed by atoms with Gasteiger partial charge in [-0.05, 0) is 31.5 Å². The maximum absolute atomic E-state index is 12.6. The van der Waals surface area contributed by atoms with E-state index in [-0.39, 0.29) is 17.1 Å². The maximum Gasteiger partial charge on any atom is 0.287 e. The first-order valence-corrected chi connectivity index (χ1v) is 8.69. The molecule has 0 fully saturated rings. The van der Waals surface area contributed by atoms with Crippen molar-refractivity contribution in [3.63, 3.8) is 0 Å². The van der Waals surface area contributed by atoms with E-state index in [1.807, 2.05) is 19.1 Å². The number of para-hydroxylation sites is 2. The van der Waals surface area contributed by atoms with E-state index in [1.54, 1.807) is 37.3 Å². The number of benzene rings is 2. The normalized spacial score (nSPS) is 12.8. The van der Waals surface area contributed by atoms with Crippen LogP contribution in [0.5, 0.6) is 5.88 Å². The average Bonchev–Trinajstić information content (AvgIpc) is 3.03. The van der Waals surface area contributed by atoms with Crippen molar-refractivity contribution in [2.24, 2.45) is 10.2 Å². The predicted octanol–water partition coefficient (Wildman–Crippen LogP) is 3.76. The number of hydrogen-bond donors (Lipinski definition) is 2. The van der Waals surface area contributed by atoms with Crippen LogP contribution in [0.3, 0.4) is 0 Å². The van der Waals surface area contributed by atoms with Crippen molar-refractivity contribution in [3.05, 3.63) is 64.7 Å². The van der Waals surface area contributed by atoms with Crippen molar-refractivity contribution in [2.75, 3.05) is 0 Å². The minimum Gasteiger partial charge on any atom is -0.493 e. The van der Waals surface area contributed by atoms with Gasteiger partial charge in [0.2, 0.25) is 5.88 Å². The van der Waals surface area contributed by atoms with E-state index in [9.17, 15) is 14.7 Å². The summed E-state index contributed by atoms with van der Waals surface area (Å²) in [5.74, 6) is -0.793. The second kappa shape index (κ2) is 6.73. The Hall–Kier alpha value is -3.81. The molecular weight excluding hydrogens is 358 g/mol. The first kappa shape index (κ1) is 17.6. The van der Waals surface area contributed by atoms with Crippen molar-refractivity contribution in [1.82, 2.24) is 14.5 Å². The van der Waals surface area contributed by atoms with Crippen LogP contribution in [-0.2, 0) is 4.79 Å². The van der Waals surface area contributed by atoms with Crippen LogP contribution in [-0.4, -0.2) is 25.5 Å². The van der Waals surface area contributed by atoms with Gasteiger partial charge in [-0.1, -0.05) is 30.3 Å². The van der Waals surface area contributed by atoms with Gasteiger partial charge in [0.15, 0.2) is 5.69 Å². The zero-order valence-electron chi connectivity index (χ0n) is 15.2. The number of aromatic nitrogens is 3. The van der Waals surface area contributed by atoms with Gasteiger partial charge in [-0.2, -0.15) is 0 Å². The number of fused-ring (bicyclic) bond motifs is 2. The predicted molar refractivity (Wildman–Crippen MR) is 105 cm³/mol. The second-order valence-electron chi connectivity index (χ2n) is 6.51. The Kier molecular flexibility index (Phi) is 4.23. The Bertz CT molecular complexity index is 1300. The lowest BCUT2D eigenvalue weighted by Gasteiger charge is -2.11. The van der Waals surface area contributed by atoms with Gasteiger partial charge >= 0.3 is 0 Å². The maximum atomic E-state index is 12.6. The Balaban J connectivity index is 1.68. The Morgan fingerprint density at radius 1 is 1.18 bits per heavy atom. The fraction of sp³-hybridized carbons (Fsp3) is 0.150. The monoisotopic (exact) mass is 375 g/mol. The first-order valence-electron chi connectivity index (χ1n) is 8.69. The Morgan fingerprint density at radius 3 is 2.75 bits per heavy atom. The van der Waals surface area contributed by atoms with Crippen molar-refractivity contribution < 1.29 is 9.90 Å². The molecule has 2 aromatic heterocycles. The van der Waals surface area contributed by atoms with E-state index in [1.165, 1.54) is 10.9 Å². The van der Waals surface area contributed by atoms with Gasteiger partial charge in [-0.25, -0.2) is 4.98 Å². The molecule has 0 unspecified atom stereocenters. The van der Waals surface area contributed by atoms with Gasteiger partial charge in [0, 0.05) is 5.39 Å². The molecule has 0 aliphatic rings. The number of hydrogen-bond acceptors (Lipinski definition) is 5. The third kappa shape index (κ3) is 2.84. The van der Waals surface area contributed by atoms with Gasteiger partial charge in [-0.15, -0.1) is 10.2 Å². The van der Waals surface area contributed by atoms with E-state index in [4.69, 9.17) is 0 Å². The van der Waals surface area contributed by atoms with E-state index in [0.717, 1.165) is 11.1 Å². The Morgan fingerprint density at radius 2 is 1.93 bits per heavy atom. The Labute approximate surface area is 159 Å². The SMILES string of the molecule is Cc1cccc2c(N=NC(=O)[C@@H](C)n3cnc4ccccc4c3=O)c(O)[nH]c12. The smallest absolute Gasteiger partial charge is 0.287 e. The summed E-state index contributed by atoms with van der Waals surface area (Å²) in [4.78, 5) is 32.2. The quantitative estimate of drug-likeness (QED) is 0.531. The number of nitrogens with one attached hydrogen (secondary N) is 1. The molecule has 0 aliphatic carbocycles. The second-order valence-corrected chi connectivity index (χ2v) is 6.51. The van der Waals surface area contributed by atoms with Gasteiger partial charge in [0.05, 0.1) is 22.7 Å². The summed E-state index contributed by atoms with van der Waals surface area (Å²) in [5, 5.41) is 18.8. The minimum atomic E-state index is -0.887. The fourth-order valence-electron chi connectivity index (χ4n) is 3.10. The molecule has 4 rings (SSSR count). The third-order valence-electron chi connectivity index (χ3n) is 4.71. The number of amides is 1. The highest BCUT2D eigenvalue weighted by Gasteiger charge is 2.18. The summed E-state index contributed by atoms with van der Waals surface area (Å²) in [6.45, 7) is 3.45. The molecule has 0 bridgehead atoms. The van der Waals surface area contributed by atoms with Crippen LogP contribution in [0.1, 0.15) is 18.5 Å². The van der Waals surface area contributed by atoms with Gasteiger partial charge in [-0.3, -0.25) is 14.2 Å². The largest absolute Gasteiger partial charge is 0.493 e. The number of nitrogens with zero attached hydrogens (tertiary/aromatic N) is 4. The topological polar surface area (TPSA) is 113 Å². The van der Waals surface area contributed by atoms with Crippen LogP contribution >= 0.6 is 0 Å². The molecule has 0 saturated carbocycles. The van der Waals surface area contributed by atoms with Crippen LogP contribution in [0.2, 0.25) is 0 Å². The third-order valence-corrected chi connectivity index (χ3v) is 4.71. The van der Waals surface area contributed by atoms with E-state index >= 15 is 0 Å². The van der Waals surface area contributed by atoms with E-state index in [2.05, 4.69) is 20.2 Å². The number of aromatic amines is 1. The molecule has 1 atom stereocenters. The number of carbonyl (C=O) groups is 1. The molecule has 140 valence electrons. The highest BCUT2D eigenvalue weighted by molar-refractivity contribution is 5.96. The molecule has 0 saturated heterocycles. The van der Waals surface area contributed by atoms with Crippen LogP contribution in [0, 0.1) is 6.92 Å². The van der Waals surface area contributed by atoms with Crippen LogP contribution in [0.15, 0.2) is 63.8 Å². The number of azo groups is 1. The lowest BCUT2D eigenvalue weighted by Crippen LogP contribution is -2.27. The molecule has 2 N–H and O–H groups in total. The molecule has 28 heavy (non-hydrogen) atoms. The molecule has 0 spiro atoms. The molecular formula is C20H17N5O3. The van der Waals surface area contributed by atoms with Gasteiger partial charge in [0.25, 0.3) is 11.5 Å². The molecule has 0 radical (unpaired) electrons. The number of H-pyrrole nitrogens is 1. The minimum absolute atomic E-state index is 0.168. The lowest BCUT2D eigenvalue weighted by atomic mass is 10.1. The molecule has 2 heterocycles. The molecule has 0 aliphatic heterocycles. The highest BCUT2D eigenvalue weighted by Crippen LogP contribution is 2.36. The summed E-state index contributed by atoms with van der Waals surface area (Å²) < 4.78 is 1.23. The highest BCUT2D eigenvalue weighted by atomic mass is 16.3. The number of aryl methyl sites for hydroxylation is 1. The zero-order valence-corrected chi connectivity index (χ0v) is 15.2.